The summed E-state index contributed by atoms with van der Waals surface area (Å²) in [6.45, 7) is 13.0. The van der Waals surface area contributed by atoms with Gasteiger partial charge in [0.25, 0.3) is 5.19 Å². The molecule has 5 nitrogen and oxygen atoms in total. The third kappa shape index (κ3) is 5.75. The highest BCUT2D eigenvalue weighted by Crippen LogP contribution is 2.17. The fourth-order valence-corrected chi connectivity index (χ4v) is 2.12. The average molecular weight is 272 g/mol. The first kappa shape index (κ1) is 15.3. The van der Waals surface area contributed by atoms with E-state index in [-0.39, 0.29) is 0 Å². The van der Waals surface area contributed by atoms with E-state index in [0.29, 0.717) is 17.8 Å². The van der Waals surface area contributed by atoms with Crippen molar-refractivity contribution in [2.45, 2.75) is 40.3 Å². The summed E-state index contributed by atoms with van der Waals surface area (Å²) in [5, 5.41) is 13.1. The van der Waals surface area contributed by atoms with Crippen LogP contribution in [0.1, 0.15) is 32.7 Å². The molecular weight excluding hydrogens is 248 g/mol. The lowest BCUT2D eigenvalue weighted by molar-refractivity contribution is 0.221. The zero-order valence-electron chi connectivity index (χ0n) is 11.8. The molecule has 0 radical (unpaired) electrons. The average Bonchev–Trinajstić information content (AvgIpc) is 2.80. The van der Waals surface area contributed by atoms with E-state index in [0.717, 1.165) is 31.2 Å². The quantitative estimate of drug-likeness (QED) is 0.742. The molecule has 0 bridgehead atoms. The first-order valence-corrected chi connectivity index (χ1v) is 7.38. The number of ether oxygens (including phenoxy) is 1. The second-order valence-electron chi connectivity index (χ2n) is 4.37. The van der Waals surface area contributed by atoms with Crippen molar-refractivity contribution in [1.82, 2.24) is 20.4 Å². The molecule has 0 fully saturated rings. The molecule has 1 N–H and O–H groups in total. The molecule has 0 aliphatic rings. The molecule has 0 atom stereocenters. The Morgan fingerprint density at radius 2 is 2.00 bits per heavy atom. The number of rotatable bonds is 9. The summed E-state index contributed by atoms with van der Waals surface area (Å²) in [6.07, 6.45) is 0. The molecule has 0 aromatic carbocycles. The third-order valence-electron chi connectivity index (χ3n) is 2.64. The number of nitrogens with zero attached hydrogens (tertiary/aromatic N) is 3. The van der Waals surface area contributed by atoms with E-state index in [1.807, 2.05) is 0 Å². The summed E-state index contributed by atoms with van der Waals surface area (Å²) in [5.41, 5.74) is 0. The summed E-state index contributed by atoms with van der Waals surface area (Å²) >= 11 is 1.52. The molecule has 0 spiro atoms. The highest BCUT2D eigenvalue weighted by atomic mass is 32.1. The van der Waals surface area contributed by atoms with Gasteiger partial charge in [0.15, 0.2) is 0 Å². The van der Waals surface area contributed by atoms with E-state index < -0.39 is 0 Å². The Balaban J connectivity index is 2.26. The second kappa shape index (κ2) is 8.39. The summed E-state index contributed by atoms with van der Waals surface area (Å²) in [7, 11) is 0. The minimum atomic E-state index is 0.459. The third-order valence-corrected chi connectivity index (χ3v) is 3.47. The largest absolute Gasteiger partial charge is 0.468 e. The number of nitrogens with one attached hydrogen (secondary N) is 1. The van der Waals surface area contributed by atoms with Crippen molar-refractivity contribution in [2.75, 3.05) is 26.2 Å². The van der Waals surface area contributed by atoms with Gasteiger partial charge < -0.3 is 15.0 Å². The van der Waals surface area contributed by atoms with Gasteiger partial charge in [-0.3, -0.25) is 0 Å². The van der Waals surface area contributed by atoms with E-state index in [1.54, 1.807) is 0 Å². The van der Waals surface area contributed by atoms with E-state index in [2.05, 4.69) is 48.1 Å². The molecule has 0 aliphatic heterocycles. The van der Waals surface area contributed by atoms with Crippen LogP contribution in [0.5, 0.6) is 5.19 Å². The molecule has 0 aliphatic carbocycles. The Hall–Kier alpha value is -0.720. The van der Waals surface area contributed by atoms with E-state index >= 15 is 0 Å². The molecular formula is C12H24N4OS. The Labute approximate surface area is 114 Å². The lowest BCUT2D eigenvalue weighted by atomic mass is 10.4. The topological polar surface area (TPSA) is 50.3 Å². The van der Waals surface area contributed by atoms with Gasteiger partial charge in [0.1, 0.15) is 11.6 Å². The van der Waals surface area contributed by atoms with Gasteiger partial charge >= 0.3 is 0 Å². The first-order chi connectivity index (χ1) is 8.65. The van der Waals surface area contributed by atoms with Crippen molar-refractivity contribution in [3.8, 4) is 5.19 Å². The van der Waals surface area contributed by atoms with Gasteiger partial charge in [-0.05, 0) is 13.1 Å². The molecule has 0 unspecified atom stereocenters. The van der Waals surface area contributed by atoms with Crippen molar-refractivity contribution in [3.63, 3.8) is 0 Å². The standard InChI is InChI=1S/C12H24N4OS/c1-5-16(6-2)7-8-17-12-15-14-11(18-12)9-13-10(3)4/h10,13H,5-9H2,1-4H3. The molecule has 0 saturated heterocycles. The zero-order valence-corrected chi connectivity index (χ0v) is 12.6. The maximum atomic E-state index is 5.60. The van der Waals surface area contributed by atoms with Crippen LogP contribution in [0.25, 0.3) is 0 Å². The monoisotopic (exact) mass is 272 g/mol. The normalized spacial score (nSPS) is 11.4. The van der Waals surface area contributed by atoms with Gasteiger partial charge in [-0.25, -0.2) is 0 Å². The van der Waals surface area contributed by atoms with Crippen LogP contribution in [-0.2, 0) is 6.54 Å². The van der Waals surface area contributed by atoms with E-state index in [9.17, 15) is 0 Å². The van der Waals surface area contributed by atoms with Gasteiger partial charge in [0.2, 0.25) is 0 Å². The van der Waals surface area contributed by atoms with Crippen LogP contribution in [0.3, 0.4) is 0 Å². The molecule has 1 heterocycles. The van der Waals surface area contributed by atoms with E-state index in [1.165, 1.54) is 11.3 Å². The fourth-order valence-electron chi connectivity index (χ4n) is 1.46. The summed E-state index contributed by atoms with van der Waals surface area (Å²) < 4.78 is 5.60. The number of hydrogen-bond acceptors (Lipinski definition) is 6. The molecule has 104 valence electrons. The van der Waals surface area contributed by atoms with Crippen LogP contribution in [0, 0.1) is 0 Å². The van der Waals surface area contributed by atoms with Crippen molar-refractivity contribution >= 4 is 11.3 Å². The Morgan fingerprint density at radius 1 is 1.28 bits per heavy atom. The fraction of sp³-hybridized carbons (Fsp3) is 0.833. The predicted octanol–water partition coefficient (Wildman–Crippen LogP) is 1.76. The molecule has 1 aromatic heterocycles. The second-order valence-corrected chi connectivity index (χ2v) is 5.40. The summed E-state index contributed by atoms with van der Waals surface area (Å²) in [6, 6.07) is 0.459. The lowest BCUT2D eigenvalue weighted by Crippen LogP contribution is -2.27. The smallest absolute Gasteiger partial charge is 0.294 e. The predicted molar refractivity (Wildman–Crippen MR) is 75.2 cm³/mol. The number of hydrogen-bond donors (Lipinski definition) is 1. The van der Waals surface area contributed by atoms with Crippen LogP contribution in [-0.4, -0.2) is 47.4 Å². The minimum Gasteiger partial charge on any atom is -0.468 e. The summed E-state index contributed by atoms with van der Waals surface area (Å²) in [4.78, 5) is 2.32. The highest BCUT2D eigenvalue weighted by molar-refractivity contribution is 7.13. The Bertz CT molecular complexity index is 326. The highest BCUT2D eigenvalue weighted by Gasteiger charge is 2.06. The van der Waals surface area contributed by atoms with Crippen LogP contribution < -0.4 is 10.1 Å². The van der Waals surface area contributed by atoms with Crippen molar-refractivity contribution in [2.24, 2.45) is 0 Å². The Morgan fingerprint density at radius 3 is 2.61 bits per heavy atom. The van der Waals surface area contributed by atoms with Gasteiger partial charge in [0.05, 0.1) is 6.54 Å². The molecule has 0 saturated carbocycles. The van der Waals surface area contributed by atoms with Crippen molar-refractivity contribution in [1.29, 1.82) is 0 Å². The van der Waals surface area contributed by atoms with E-state index in [4.69, 9.17) is 4.74 Å². The van der Waals surface area contributed by atoms with Crippen molar-refractivity contribution in [3.05, 3.63) is 5.01 Å². The van der Waals surface area contributed by atoms with Gasteiger partial charge in [-0.2, -0.15) is 0 Å². The molecule has 1 aromatic rings. The number of likely N-dealkylation sites (N-methyl/N-ethyl adjacent to an activating group) is 1. The zero-order chi connectivity index (χ0) is 13.4. The Kier molecular flexibility index (Phi) is 7.15. The first-order valence-electron chi connectivity index (χ1n) is 6.56. The van der Waals surface area contributed by atoms with Gasteiger partial charge in [-0.15, -0.1) is 10.2 Å². The van der Waals surface area contributed by atoms with Gasteiger partial charge in [-0.1, -0.05) is 39.0 Å². The van der Waals surface area contributed by atoms with Crippen LogP contribution >= 0.6 is 11.3 Å². The van der Waals surface area contributed by atoms with Gasteiger partial charge in [0, 0.05) is 12.6 Å². The molecule has 1 rings (SSSR count). The molecule has 6 heteroatoms. The van der Waals surface area contributed by atoms with Crippen LogP contribution in [0.4, 0.5) is 0 Å². The van der Waals surface area contributed by atoms with Crippen molar-refractivity contribution < 1.29 is 4.74 Å². The maximum Gasteiger partial charge on any atom is 0.294 e. The molecule has 0 amide bonds. The summed E-state index contributed by atoms with van der Waals surface area (Å²) in [5.74, 6) is 0. The number of aromatic nitrogens is 2. The lowest BCUT2D eigenvalue weighted by Gasteiger charge is -2.16. The van der Waals surface area contributed by atoms with Crippen LogP contribution in [0.15, 0.2) is 0 Å². The minimum absolute atomic E-state index is 0.459. The van der Waals surface area contributed by atoms with Crippen LogP contribution in [0.2, 0.25) is 0 Å². The SMILES string of the molecule is CCN(CC)CCOc1nnc(CNC(C)C)s1. The molecule has 18 heavy (non-hydrogen) atoms. The maximum absolute atomic E-state index is 5.60.